The number of anilines is 1. The van der Waals surface area contributed by atoms with Crippen LogP contribution in [0.4, 0.5) is 18.9 Å². The maximum atomic E-state index is 12.2. The Hall–Kier alpha value is -1.56. The Morgan fingerprint density at radius 3 is 2.50 bits per heavy atom. The van der Waals surface area contributed by atoms with Gasteiger partial charge in [-0.2, -0.15) is 13.2 Å². The number of nitrogens with two attached hydrogens (primary N) is 1. The fraction of sp³-hybridized carbons (Fsp3) is 0.500. The number of nitrogens with zero attached hydrogens (tertiary/aromatic N) is 1. The maximum Gasteiger partial charge on any atom is 0.389 e. The first-order valence-corrected chi connectivity index (χ1v) is 6.48. The van der Waals surface area contributed by atoms with Crippen molar-refractivity contribution in [2.75, 3.05) is 18.0 Å². The third-order valence-electron chi connectivity index (χ3n) is 2.92. The van der Waals surface area contributed by atoms with Gasteiger partial charge >= 0.3 is 6.18 Å². The number of carbonyl (C=O) groups excluding carboxylic acids is 1. The highest BCUT2D eigenvalue weighted by atomic mass is 19.4. The molecule has 1 aromatic carbocycles. The number of alkyl halides is 3. The SMILES string of the molecule is Cc1ccccc1N(CCCN)C(=O)CCC(F)(F)F. The monoisotopic (exact) mass is 288 g/mol. The average molecular weight is 288 g/mol. The van der Waals surface area contributed by atoms with E-state index in [0.29, 0.717) is 25.2 Å². The molecule has 0 heterocycles. The van der Waals surface area contributed by atoms with Crippen molar-refractivity contribution in [1.29, 1.82) is 0 Å². The molecule has 20 heavy (non-hydrogen) atoms. The fourth-order valence-electron chi connectivity index (χ4n) is 1.88. The van der Waals surface area contributed by atoms with Crippen molar-refractivity contribution >= 4 is 11.6 Å². The summed E-state index contributed by atoms with van der Waals surface area (Å²) in [7, 11) is 0. The largest absolute Gasteiger partial charge is 0.389 e. The molecule has 2 N–H and O–H groups in total. The Balaban J connectivity index is 2.84. The highest BCUT2D eigenvalue weighted by Crippen LogP contribution is 2.25. The molecule has 0 aliphatic heterocycles. The molecule has 0 aliphatic rings. The molecule has 0 bridgehead atoms. The number of hydrogen-bond donors (Lipinski definition) is 1. The van der Waals surface area contributed by atoms with Gasteiger partial charge in [-0.3, -0.25) is 4.79 Å². The van der Waals surface area contributed by atoms with E-state index in [1.807, 2.05) is 19.1 Å². The fourth-order valence-corrected chi connectivity index (χ4v) is 1.88. The van der Waals surface area contributed by atoms with E-state index in [1.165, 1.54) is 4.90 Å². The standard InChI is InChI=1S/C14H19F3N2O/c1-11-5-2-3-6-12(11)19(10-4-9-18)13(20)7-8-14(15,16)17/h2-3,5-6H,4,7-10,18H2,1H3. The minimum atomic E-state index is -4.32. The van der Waals surface area contributed by atoms with Gasteiger partial charge in [-0.05, 0) is 31.5 Å². The topological polar surface area (TPSA) is 46.3 Å². The first-order chi connectivity index (χ1) is 9.35. The third-order valence-corrected chi connectivity index (χ3v) is 2.92. The normalized spacial score (nSPS) is 11.4. The zero-order chi connectivity index (χ0) is 15.2. The molecule has 0 aliphatic carbocycles. The summed E-state index contributed by atoms with van der Waals surface area (Å²) in [4.78, 5) is 13.4. The van der Waals surface area contributed by atoms with Crippen molar-refractivity contribution in [1.82, 2.24) is 0 Å². The van der Waals surface area contributed by atoms with E-state index in [2.05, 4.69) is 0 Å². The lowest BCUT2D eigenvalue weighted by molar-refractivity contribution is -0.143. The van der Waals surface area contributed by atoms with Gasteiger partial charge in [-0.1, -0.05) is 18.2 Å². The maximum absolute atomic E-state index is 12.2. The second-order valence-corrected chi connectivity index (χ2v) is 4.59. The number of para-hydroxylation sites is 1. The number of benzene rings is 1. The highest BCUT2D eigenvalue weighted by Gasteiger charge is 2.29. The summed E-state index contributed by atoms with van der Waals surface area (Å²) in [5.41, 5.74) is 6.92. The molecule has 0 saturated heterocycles. The van der Waals surface area contributed by atoms with E-state index >= 15 is 0 Å². The number of aryl methyl sites for hydroxylation is 1. The smallest absolute Gasteiger partial charge is 0.330 e. The Labute approximate surface area is 116 Å². The lowest BCUT2D eigenvalue weighted by atomic mass is 10.1. The van der Waals surface area contributed by atoms with Crippen molar-refractivity contribution in [2.24, 2.45) is 5.73 Å². The summed E-state index contributed by atoms with van der Waals surface area (Å²) >= 11 is 0. The summed E-state index contributed by atoms with van der Waals surface area (Å²) in [5, 5.41) is 0. The van der Waals surface area contributed by atoms with Gasteiger partial charge in [0.05, 0.1) is 6.42 Å². The molecular formula is C14H19F3N2O. The van der Waals surface area contributed by atoms with Crippen LogP contribution in [0.1, 0.15) is 24.8 Å². The number of carbonyl (C=O) groups is 1. The van der Waals surface area contributed by atoms with E-state index in [-0.39, 0.29) is 0 Å². The predicted molar refractivity (Wildman–Crippen MR) is 72.5 cm³/mol. The molecule has 1 aromatic rings. The summed E-state index contributed by atoms with van der Waals surface area (Å²) in [6.45, 7) is 2.54. The van der Waals surface area contributed by atoms with Gasteiger partial charge < -0.3 is 10.6 Å². The summed E-state index contributed by atoms with van der Waals surface area (Å²) in [5.74, 6) is -0.523. The molecule has 1 amide bonds. The minimum absolute atomic E-state index is 0.331. The van der Waals surface area contributed by atoms with Crippen molar-refractivity contribution in [3.63, 3.8) is 0 Å². The van der Waals surface area contributed by atoms with Gasteiger partial charge in [0.15, 0.2) is 0 Å². The Bertz CT molecular complexity index is 446. The zero-order valence-corrected chi connectivity index (χ0v) is 11.4. The van der Waals surface area contributed by atoms with Crippen LogP contribution in [0, 0.1) is 6.92 Å². The number of halogens is 3. The lowest BCUT2D eigenvalue weighted by Crippen LogP contribution is -2.34. The first kappa shape index (κ1) is 16.5. The van der Waals surface area contributed by atoms with Crippen LogP contribution in [0.2, 0.25) is 0 Å². The Morgan fingerprint density at radius 1 is 1.30 bits per heavy atom. The molecule has 112 valence electrons. The van der Waals surface area contributed by atoms with Crippen molar-refractivity contribution < 1.29 is 18.0 Å². The molecule has 3 nitrogen and oxygen atoms in total. The van der Waals surface area contributed by atoms with Gasteiger partial charge in [-0.15, -0.1) is 0 Å². The second kappa shape index (κ2) is 7.28. The molecule has 0 unspecified atom stereocenters. The summed E-state index contributed by atoms with van der Waals surface area (Å²) in [6, 6.07) is 7.13. The van der Waals surface area contributed by atoms with Crippen molar-refractivity contribution in [3.8, 4) is 0 Å². The Morgan fingerprint density at radius 2 is 1.95 bits per heavy atom. The van der Waals surface area contributed by atoms with Crippen LogP contribution in [0.3, 0.4) is 0 Å². The van der Waals surface area contributed by atoms with Crippen LogP contribution >= 0.6 is 0 Å². The van der Waals surface area contributed by atoms with E-state index < -0.39 is 24.9 Å². The number of rotatable bonds is 6. The molecule has 0 saturated carbocycles. The van der Waals surface area contributed by atoms with Crippen LogP contribution in [0.25, 0.3) is 0 Å². The van der Waals surface area contributed by atoms with Gasteiger partial charge in [-0.25, -0.2) is 0 Å². The van der Waals surface area contributed by atoms with Crippen molar-refractivity contribution in [3.05, 3.63) is 29.8 Å². The molecule has 0 spiro atoms. The first-order valence-electron chi connectivity index (χ1n) is 6.48. The molecular weight excluding hydrogens is 269 g/mol. The van der Waals surface area contributed by atoms with Crippen LogP contribution < -0.4 is 10.6 Å². The number of amides is 1. The predicted octanol–water partition coefficient (Wildman–Crippen LogP) is 3.02. The molecule has 6 heteroatoms. The van der Waals surface area contributed by atoms with Gasteiger partial charge in [0, 0.05) is 18.7 Å². The molecule has 0 atom stereocenters. The highest BCUT2D eigenvalue weighted by molar-refractivity contribution is 5.94. The molecule has 0 radical (unpaired) electrons. The van der Waals surface area contributed by atoms with Crippen LogP contribution in [-0.2, 0) is 4.79 Å². The summed E-state index contributed by atoms with van der Waals surface area (Å²) in [6.07, 6.45) is -5.41. The molecule has 1 rings (SSSR count). The van der Waals surface area contributed by atoms with E-state index in [4.69, 9.17) is 5.73 Å². The quantitative estimate of drug-likeness (QED) is 0.874. The average Bonchev–Trinajstić information content (AvgIpc) is 2.38. The van der Waals surface area contributed by atoms with Crippen LogP contribution in [0.15, 0.2) is 24.3 Å². The second-order valence-electron chi connectivity index (χ2n) is 4.59. The van der Waals surface area contributed by atoms with Crippen LogP contribution in [0.5, 0.6) is 0 Å². The van der Waals surface area contributed by atoms with E-state index in [9.17, 15) is 18.0 Å². The van der Waals surface area contributed by atoms with Crippen LogP contribution in [-0.4, -0.2) is 25.2 Å². The molecule has 0 fully saturated rings. The summed E-state index contributed by atoms with van der Waals surface area (Å²) < 4.78 is 36.7. The van der Waals surface area contributed by atoms with E-state index in [0.717, 1.165) is 5.56 Å². The zero-order valence-electron chi connectivity index (χ0n) is 11.4. The van der Waals surface area contributed by atoms with Crippen molar-refractivity contribution in [2.45, 2.75) is 32.4 Å². The molecule has 0 aromatic heterocycles. The minimum Gasteiger partial charge on any atom is -0.330 e. The third kappa shape index (κ3) is 5.21. The Kier molecular flexibility index (Phi) is 6.01. The van der Waals surface area contributed by atoms with Gasteiger partial charge in [0.25, 0.3) is 0 Å². The van der Waals surface area contributed by atoms with E-state index in [1.54, 1.807) is 12.1 Å². The van der Waals surface area contributed by atoms with Gasteiger partial charge in [0.2, 0.25) is 5.91 Å². The van der Waals surface area contributed by atoms with Gasteiger partial charge in [0.1, 0.15) is 0 Å². The number of hydrogen-bond acceptors (Lipinski definition) is 2. The lowest BCUT2D eigenvalue weighted by Gasteiger charge is -2.24.